The first kappa shape index (κ1) is 32.0. The van der Waals surface area contributed by atoms with Crippen LogP contribution in [0, 0.1) is 20.8 Å². The first-order chi connectivity index (χ1) is 15.1. The van der Waals surface area contributed by atoms with Gasteiger partial charge in [0.15, 0.2) is 0 Å². The number of halogens is 3. The molecule has 2 unspecified atom stereocenters. The maximum absolute atomic E-state index is 2.54. The van der Waals surface area contributed by atoms with E-state index >= 15 is 0 Å². The van der Waals surface area contributed by atoms with Crippen molar-refractivity contribution in [2.24, 2.45) is 0 Å². The van der Waals surface area contributed by atoms with Crippen molar-refractivity contribution < 1.29 is 57.7 Å². The molecule has 0 amide bonds. The molecule has 5 heteroatoms. The maximum atomic E-state index is 2.54. The van der Waals surface area contributed by atoms with Gasteiger partial charge in [0.1, 0.15) is 0 Å². The first-order valence-corrected chi connectivity index (χ1v) is 14.2. The van der Waals surface area contributed by atoms with Crippen LogP contribution < -0.4 is 52.8 Å². The van der Waals surface area contributed by atoms with Crippen LogP contribution in [0.1, 0.15) is 44.4 Å². The van der Waals surface area contributed by atoms with Crippen LogP contribution in [0.3, 0.4) is 0 Å². The standard InChI is InChI=1S/C30H33Si.3ClH.Ti/c1-21-12-11-15-28(17-21)31(27-13-9-8-10-14-27,29-18-22(2)16-23(3)19-29)30(7)20-24(4)25(5)26(30)6;;;;/h8-19H,1-7H3;3*1H;/q;;;;+3/p-3. The van der Waals surface area contributed by atoms with Crippen LogP contribution >= 0.6 is 0 Å². The van der Waals surface area contributed by atoms with Gasteiger partial charge in [0.25, 0.3) is 0 Å². The van der Waals surface area contributed by atoms with E-state index in [1.54, 1.807) is 0 Å². The second kappa shape index (κ2) is 12.0. The van der Waals surface area contributed by atoms with Crippen molar-refractivity contribution in [3.63, 3.8) is 0 Å². The molecular weight excluding hydrogens is 543 g/mol. The molecule has 35 heavy (non-hydrogen) atoms. The third kappa shape index (κ3) is 4.93. The number of hydrogen-bond acceptors (Lipinski definition) is 0. The van der Waals surface area contributed by atoms with Crippen LogP contribution in [-0.4, -0.2) is 8.07 Å². The fourth-order valence-corrected chi connectivity index (χ4v) is 13.9. The molecule has 0 nitrogen and oxygen atoms in total. The molecule has 0 N–H and O–H groups in total. The van der Waals surface area contributed by atoms with Gasteiger partial charge in [-0.1, -0.05) is 0 Å². The van der Waals surface area contributed by atoms with Gasteiger partial charge in [-0.05, 0) is 0 Å². The average Bonchev–Trinajstić information content (AvgIpc) is 2.91. The second-order valence-electron chi connectivity index (χ2n) is 9.74. The van der Waals surface area contributed by atoms with Crippen LogP contribution in [0.4, 0.5) is 0 Å². The van der Waals surface area contributed by atoms with Crippen molar-refractivity contribution in [2.45, 2.75) is 53.5 Å². The largest absolute Gasteiger partial charge is 1.00 e. The van der Waals surface area contributed by atoms with Gasteiger partial charge in [-0.2, -0.15) is 0 Å². The van der Waals surface area contributed by atoms with Gasteiger partial charge < -0.3 is 37.2 Å². The monoisotopic (exact) mass is 574 g/mol. The molecule has 0 saturated carbocycles. The molecular formula is C30H33Cl3SiTi. The summed E-state index contributed by atoms with van der Waals surface area (Å²) < 4.78 is 1.53. The van der Waals surface area contributed by atoms with E-state index in [4.69, 9.17) is 0 Å². The van der Waals surface area contributed by atoms with Gasteiger partial charge in [-0.3, -0.25) is 0 Å². The maximum Gasteiger partial charge on any atom is -1.00 e. The topological polar surface area (TPSA) is 0 Å². The molecule has 2 atom stereocenters. The Labute approximate surface area is 243 Å². The molecule has 0 heterocycles. The van der Waals surface area contributed by atoms with Gasteiger partial charge in [-0.25, -0.2) is 0 Å². The van der Waals surface area contributed by atoms with E-state index in [2.05, 4.69) is 142 Å². The fourth-order valence-electron chi connectivity index (χ4n) is 6.00. The minimum Gasteiger partial charge on any atom is -1.00 e. The molecule has 3 aromatic carbocycles. The fraction of sp³-hybridized carbons (Fsp3) is 0.267. The third-order valence-electron chi connectivity index (χ3n) is 7.81. The zero-order valence-corrected chi connectivity index (χ0v) is 26.4. The molecule has 0 radical (unpaired) electrons. The summed E-state index contributed by atoms with van der Waals surface area (Å²) in [5.41, 5.74) is 8.49. The molecule has 0 saturated heterocycles. The zero-order chi connectivity index (χ0) is 23.3. The van der Waals surface area contributed by atoms with Crippen LogP contribution in [-0.2, 0) is 20.4 Å². The Balaban J connectivity index is 0.00000204. The van der Waals surface area contributed by atoms with Crippen LogP contribution in [0.5, 0.6) is 0 Å². The number of benzene rings is 3. The Morgan fingerprint density at radius 3 is 1.57 bits per heavy atom. The van der Waals surface area contributed by atoms with Crippen molar-refractivity contribution in [1.82, 2.24) is 0 Å². The van der Waals surface area contributed by atoms with Gasteiger partial charge in [0.05, 0.1) is 0 Å². The van der Waals surface area contributed by atoms with E-state index < -0.39 is 8.07 Å². The molecule has 0 fully saturated rings. The van der Waals surface area contributed by atoms with Gasteiger partial charge in [-0.15, -0.1) is 0 Å². The summed E-state index contributed by atoms with van der Waals surface area (Å²) in [5.74, 6) is 0. The zero-order valence-electron chi connectivity index (χ0n) is 21.6. The Morgan fingerprint density at radius 1 is 0.571 bits per heavy atom. The summed E-state index contributed by atoms with van der Waals surface area (Å²) in [4.78, 5) is 0. The smallest absolute Gasteiger partial charge is 1.00 e. The Bertz CT molecular complexity index is 1220. The quantitative estimate of drug-likeness (QED) is 0.230. The molecule has 4 rings (SSSR count). The van der Waals surface area contributed by atoms with Crippen LogP contribution in [0.25, 0.3) is 0 Å². The predicted molar refractivity (Wildman–Crippen MR) is 138 cm³/mol. The normalized spacial score (nSPS) is 18.9. The number of hydrogen-bond donors (Lipinski definition) is 0. The van der Waals surface area contributed by atoms with Crippen molar-refractivity contribution in [1.29, 1.82) is 0 Å². The summed E-state index contributed by atoms with van der Waals surface area (Å²) >= 11 is 2.39. The van der Waals surface area contributed by atoms with E-state index in [1.807, 2.05) is 0 Å². The second-order valence-corrected chi connectivity index (χ2v) is 14.7. The van der Waals surface area contributed by atoms with Crippen molar-refractivity contribution >= 4 is 23.6 Å². The Hall–Kier alpha value is -1.06. The van der Waals surface area contributed by atoms with Crippen LogP contribution in [0.15, 0.2) is 93.4 Å². The number of aryl methyl sites for hydroxylation is 3. The minimum atomic E-state index is -2.53. The third-order valence-corrected chi connectivity index (χ3v) is 15.2. The van der Waals surface area contributed by atoms with E-state index in [-0.39, 0.29) is 42.3 Å². The SMILES string of the molecule is CC1=C(C)C(C)([Si](c2ccccc2)(c2cccc(C)c2)c2cc(C)cc(C)c2)[C]([Ti+3])=C1C.[Cl-].[Cl-].[Cl-]. The average molecular weight is 576 g/mol. The van der Waals surface area contributed by atoms with Crippen molar-refractivity contribution in [2.75, 3.05) is 0 Å². The van der Waals surface area contributed by atoms with E-state index in [0.29, 0.717) is 0 Å². The van der Waals surface area contributed by atoms with E-state index in [9.17, 15) is 0 Å². The Kier molecular flexibility index (Phi) is 11.0. The summed E-state index contributed by atoms with van der Waals surface area (Å²) in [7, 11) is -2.53. The molecule has 0 aliphatic heterocycles. The number of allylic oxidation sites excluding steroid dienone is 4. The van der Waals surface area contributed by atoms with Crippen molar-refractivity contribution in [3.8, 4) is 0 Å². The molecule has 0 aromatic heterocycles. The predicted octanol–water partition coefficient (Wildman–Crippen LogP) is -2.97. The van der Waals surface area contributed by atoms with Crippen molar-refractivity contribution in [3.05, 3.63) is 110 Å². The summed E-state index contributed by atoms with van der Waals surface area (Å²) in [6, 6.07) is 28.0. The van der Waals surface area contributed by atoms with Gasteiger partial charge in [0.2, 0.25) is 0 Å². The molecule has 182 valence electrons. The first-order valence-electron chi connectivity index (χ1n) is 11.5. The summed E-state index contributed by atoms with van der Waals surface area (Å²) in [5, 5.41) is 4.45. The molecule has 1 aliphatic rings. The summed E-state index contributed by atoms with van der Waals surface area (Å²) in [6.07, 6.45) is 0. The molecule has 1 aliphatic carbocycles. The van der Waals surface area contributed by atoms with E-state index in [1.165, 1.54) is 52.8 Å². The molecule has 0 bridgehead atoms. The minimum absolute atomic E-state index is 0. The van der Waals surface area contributed by atoms with Gasteiger partial charge >= 0.3 is 208 Å². The number of rotatable bonds is 4. The Morgan fingerprint density at radius 2 is 1.09 bits per heavy atom. The summed E-state index contributed by atoms with van der Waals surface area (Å²) in [6.45, 7) is 16.3. The van der Waals surface area contributed by atoms with E-state index in [0.717, 1.165) is 0 Å². The van der Waals surface area contributed by atoms with Gasteiger partial charge in [0, 0.05) is 0 Å². The molecule has 0 spiro atoms. The van der Waals surface area contributed by atoms with Crippen LogP contribution in [0.2, 0.25) is 5.04 Å². The molecule has 3 aromatic rings.